The van der Waals surface area contributed by atoms with Gasteiger partial charge in [-0.1, -0.05) is 132 Å². The monoisotopic (exact) mass is 666 g/mol. The average Bonchev–Trinajstić information content (AvgIpc) is 3.06. The molecule has 0 N–H and O–H groups in total. The van der Waals surface area contributed by atoms with Crippen molar-refractivity contribution in [1.82, 2.24) is 4.31 Å². The summed E-state index contributed by atoms with van der Waals surface area (Å²) in [6.07, 6.45) is 16.9. The third kappa shape index (κ3) is 14.2. The van der Waals surface area contributed by atoms with Gasteiger partial charge < -0.3 is 4.90 Å². The molecule has 0 fully saturated rings. The minimum Gasteiger partial charge on any atom is -0.365 e. The van der Waals surface area contributed by atoms with Crippen molar-refractivity contribution >= 4 is 21.4 Å². The molecule has 268 valence electrons. The standard InChI is InChI=1S/C38H71N3O4S/c1-9-17-21-32(13-5)28-39(29-33(14-6)22-18-10-2)37-26-25-36(27-38(37)41(42)43)46(44,45)40(30-34(15-7)23-19-11-3)31-35(16-8)24-20-12-4/h25-27,32-35H,9-24,28-31H2,1-8H3. The van der Waals surface area contributed by atoms with Gasteiger partial charge in [-0.05, 0) is 61.5 Å². The molecule has 0 aliphatic heterocycles. The molecule has 0 bridgehead atoms. The van der Waals surface area contributed by atoms with E-state index in [1.54, 1.807) is 16.4 Å². The van der Waals surface area contributed by atoms with Gasteiger partial charge in [-0.15, -0.1) is 0 Å². The van der Waals surface area contributed by atoms with E-state index in [1.165, 1.54) is 6.07 Å². The summed E-state index contributed by atoms with van der Waals surface area (Å²) in [4.78, 5) is 14.6. The SMILES string of the molecule is CCCCC(CC)CN(CC(CC)CCCC)c1ccc(S(=O)(=O)N(CC(CC)CCCC)CC(CC)CCCC)cc1[N+](=O)[O-]. The first-order valence-corrected chi connectivity index (χ1v) is 20.5. The molecule has 0 saturated heterocycles. The highest BCUT2D eigenvalue weighted by Crippen LogP contribution is 2.35. The lowest BCUT2D eigenvalue weighted by atomic mass is 9.95. The van der Waals surface area contributed by atoms with Crippen LogP contribution in [0.15, 0.2) is 23.1 Å². The van der Waals surface area contributed by atoms with Crippen LogP contribution in [0.5, 0.6) is 0 Å². The van der Waals surface area contributed by atoms with Gasteiger partial charge in [-0.25, -0.2) is 8.42 Å². The molecule has 0 saturated carbocycles. The zero-order valence-corrected chi connectivity index (χ0v) is 31.9. The summed E-state index contributed by atoms with van der Waals surface area (Å²) in [6.45, 7) is 19.9. The number of unbranched alkanes of at least 4 members (excludes halogenated alkanes) is 4. The lowest BCUT2D eigenvalue weighted by molar-refractivity contribution is -0.384. The van der Waals surface area contributed by atoms with Gasteiger partial charge in [0.1, 0.15) is 5.69 Å². The maximum absolute atomic E-state index is 14.4. The van der Waals surface area contributed by atoms with Crippen LogP contribution in [-0.4, -0.2) is 43.8 Å². The van der Waals surface area contributed by atoms with Crippen molar-refractivity contribution in [3.63, 3.8) is 0 Å². The number of nitrogens with zero attached hydrogens (tertiary/aromatic N) is 3. The number of rotatable bonds is 28. The highest BCUT2D eigenvalue weighted by atomic mass is 32.2. The minimum atomic E-state index is -3.93. The van der Waals surface area contributed by atoms with Crippen LogP contribution in [0.4, 0.5) is 11.4 Å². The lowest BCUT2D eigenvalue weighted by Crippen LogP contribution is -2.39. The lowest BCUT2D eigenvalue weighted by Gasteiger charge is -2.33. The molecule has 0 heterocycles. The second-order valence-electron chi connectivity index (χ2n) is 13.8. The Hall–Kier alpha value is -1.67. The molecule has 0 aromatic heterocycles. The molecule has 4 atom stereocenters. The van der Waals surface area contributed by atoms with Gasteiger partial charge >= 0.3 is 0 Å². The van der Waals surface area contributed by atoms with E-state index in [2.05, 4.69) is 60.3 Å². The molecule has 46 heavy (non-hydrogen) atoms. The third-order valence-corrected chi connectivity index (χ3v) is 12.0. The van der Waals surface area contributed by atoms with E-state index in [0.717, 1.165) is 116 Å². The average molecular weight is 666 g/mol. The predicted octanol–water partition coefficient (Wildman–Crippen LogP) is 11.3. The van der Waals surface area contributed by atoms with E-state index >= 15 is 0 Å². The van der Waals surface area contributed by atoms with Crippen LogP contribution >= 0.6 is 0 Å². The number of sulfonamides is 1. The summed E-state index contributed by atoms with van der Waals surface area (Å²) in [5.41, 5.74) is 0.469. The smallest absolute Gasteiger partial charge is 0.293 e. The number of anilines is 1. The molecule has 0 spiro atoms. The molecule has 0 amide bonds. The van der Waals surface area contributed by atoms with Gasteiger partial charge in [0.25, 0.3) is 5.69 Å². The summed E-state index contributed by atoms with van der Waals surface area (Å²) in [7, 11) is -3.93. The first-order valence-electron chi connectivity index (χ1n) is 19.1. The zero-order chi connectivity index (χ0) is 34.5. The second kappa shape index (κ2) is 23.6. The van der Waals surface area contributed by atoms with Crippen LogP contribution in [0.25, 0.3) is 0 Å². The summed E-state index contributed by atoms with van der Waals surface area (Å²) < 4.78 is 30.5. The molecule has 1 rings (SSSR count). The van der Waals surface area contributed by atoms with Gasteiger partial charge in [0.05, 0.1) is 9.82 Å². The van der Waals surface area contributed by atoms with Gasteiger partial charge in [0.15, 0.2) is 0 Å². The van der Waals surface area contributed by atoms with E-state index in [-0.39, 0.29) is 27.3 Å². The zero-order valence-electron chi connectivity index (χ0n) is 31.1. The second-order valence-corrected chi connectivity index (χ2v) is 15.7. The molecule has 0 aliphatic carbocycles. The molecule has 7 nitrogen and oxygen atoms in total. The van der Waals surface area contributed by atoms with Crippen LogP contribution < -0.4 is 4.90 Å². The first-order chi connectivity index (χ1) is 22.1. The highest BCUT2D eigenvalue weighted by molar-refractivity contribution is 7.89. The van der Waals surface area contributed by atoms with Crippen molar-refractivity contribution in [2.24, 2.45) is 23.7 Å². The number of hydrogen-bond donors (Lipinski definition) is 0. The molecule has 4 unspecified atom stereocenters. The van der Waals surface area contributed by atoms with Gasteiger partial charge in [0, 0.05) is 32.2 Å². The minimum absolute atomic E-state index is 0.0506. The largest absolute Gasteiger partial charge is 0.365 e. The summed E-state index contributed by atoms with van der Waals surface area (Å²) in [5.74, 6) is 1.41. The maximum atomic E-state index is 14.4. The van der Waals surface area contributed by atoms with Gasteiger partial charge in [0.2, 0.25) is 10.0 Å². The van der Waals surface area contributed by atoms with Crippen LogP contribution in [-0.2, 0) is 10.0 Å². The molecule has 0 radical (unpaired) electrons. The van der Waals surface area contributed by atoms with Crippen LogP contribution in [0.2, 0.25) is 0 Å². The quantitative estimate of drug-likeness (QED) is 0.0657. The normalized spacial score (nSPS) is 14.7. The van der Waals surface area contributed by atoms with Crippen LogP contribution in [0, 0.1) is 33.8 Å². The Morgan fingerprint density at radius 1 is 0.630 bits per heavy atom. The molecular formula is C38H71N3O4S. The summed E-state index contributed by atoms with van der Waals surface area (Å²) in [6, 6.07) is 4.76. The number of nitro groups is 1. The molecule has 1 aromatic rings. The Bertz CT molecular complexity index is 1030. The van der Waals surface area contributed by atoms with E-state index in [1.807, 2.05) is 0 Å². The van der Waals surface area contributed by atoms with Crippen molar-refractivity contribution < 1.29 is 13.3 Å². The molecule has 8 heteroatoms. The first kappa shape index (κ1) is 42.4. The van der Waals surface area contributed by atoms with Crippen molar-refractivity contribution in [2.45, 2.75) is 163 Å². The Balaban J connectivity index is 3.66. The summed E-state index contributed by atoms with van der Waals surface area (Å²) in [5, 5.41) is 12.7. The van der Waals surface area contributed by atoms with Crippen molar-refractivity contribution in [1.29, 1.82) is 0 Å². The van der Waals surface area contributed by atoms with E-state index < -0.39 is 10.0 Å². The Morgan fingerprint density at radius 3 is 1.33 bits per heavy atom. The van der Waals surface area contributed by atoms with Crippen LogP contribution in [0.3, 0.4) is 0 Å². The molecular weight excluding hydrogens is 595 g/mol. The molecule has 0 aliphatic rings. The fraction of sp³-hybridized carbons (Fsp3) is 0.842. The fourth-order valence-corrected chi connectivity index (χ4v) is 8.25. The third-order valence-electron chi connectivity index (χ3n) is 10.2. The van der Waals surface area contributed by atoms with Gasteiger partial charge in [-0.2, -0.15) is 4.31 Å². The Morgan fingerprint density at radius 2 is 1.00 bits per heavy atom. The Labute approximate surface area is 284 Å². The topological polar surface area (TPSA) is 83.8 Å². The number of benzene rings is 1. The van der Waals surface area contributed by atoms with Crippen molar-refractivity contribution in [3.05, 3.63) is 28.3 Å². The number of hydrogen-bond acceptors (Lipinski definition) is 5. The highest BCUT2D eigenvalue weighted by Gasteiger charge is 2.32. The summed E-state index contributed by atoms with van der Waals surface area (Å²) >= 11 is 0. The number of nitro benzene ring substituents is 1. The predicted molar refractivity (Wildman–Crippen MR) is 197 cm³/mol. The van der Waals surface area contributed by atoms with Crippen molar-refractivity contribution in [2.75, 3.05) is 31.1 Å². The molecule has 1 aromatic carbocycles. The maximum Gasteiger partial charge on any atom is 0.293 e. The fourth-order valence-electron chi connectivity index (χ4n) is 6.64. The van der Waals surface area contributed by atoms with E-state index in [9.17, 15) is 18.5 Å². The van der Waals surface area contributed by atoms with Crippen LogP contribution in [0.1, 0.15) is 158 Å². The van der Waals surface area contributed by atoms with Crippen molar-refractivity contribution in [3.8, 4) is 0 Å². The van der Waals surface area contributed by atoms with E-state index in [4.69, 9.17) is 0 Å². The Kier molecular flexibility index (Phi) is 21.7. The van der Waals surface area contributed by atoms with E-state index in [0.29, 0.717) is 30.6 Å². The van der Waals surface area contributed by atoms with Gasteiger partial charge in [-0.3, -0.25) is 10.1 Å².